The number of fused-ring (bicyclic) bond motifs is 1. The Bertz CT molecular complexity index is 1130. The van der Waals surface area contributed by atoms with Crippen LogP contribution in [0.25, 0.3) is 0 Å². The van der Waals surface area contributed by atoms with Crippen molar-refractivity contribution in [2.45, 2.75) is 19.9 Å². The molecule has 1 heterocycles. The highest BCUT2D eigenvalue weighted by atomic mass is 35.5. The molecule has 1 aliphatic rings. The number of benzene rings is 2. The SMILES string of the molecule is Cc1ccc2c(c1)C(=O)N(C(C)C(=O)OCC(=O)Nc1ccc(Cl)c([N+](=O)[O-])c1)C2=O. The van der Waals surface area contributed by atoms with Gasteiger partial charge in [-0.3, -0.25) is 29.4 Å². The number of carbonyl (C=O) groups is 4. The fourth-order valence-corrected chi connectivity index (χ4v) is 3.20. The van der Waals surface area contributed by atoms with Gasteiger partial charge in [-0.25, -0.2) is 4.79 Å². The first kappa shape index (κ1) is 21.9. The number of imide groups is 1. The van der Waals surface area contributed by atoms with Crippen LogP contribution in [0.3, 0.4) is 0 Å². The number of nitrogens with zero attached hydrogens (tertiary/aromatic N) is 2. The number of nitrogens with one attached hydrogen (secondary N) is 1. The first-order valence-electron chi connectivity index (χ1n) is 8.99. The lowest BCUT2D eigenvalue weighted by atomic mass is 10.1. The van der Waals surface area contributed by atoms with E-state index in [4.69, 9.17) is 16.3 Å². The zero-order chi connectivity index (χ0) is 22.9. The van der Waals surface area contributed by atoms with Gasteiger partial charge in [0.25, 0.3) is 23.4 Å². The molecule has 0 spiro atoms. The van der Waals surface area contributed by atoms with E-state index in [0.29, 0.717) is 0 Å². The van der Waals surface area contributed by atoms with Crippen molar-refractivity contribution in [2.75, 3.05) is 11.9 Å². The van der Waals surface area contributed by atoms with Crippen LogP contribution in [0.5, 0.6) is 0 Å². The van der Waals surface area contributed by atoms with E-state index in [0.717, 1.165) is 16.5 Å². The zero-order valence-electron chi connectivity index (χ0n) is 16.4. The average molecular weight is 446 g/mol. The summed E-state index contributed by atoms with van der Waals surface area (Å²) in [6.45, 7) is 2.37. The maximum absolute atomic E-state index is 12.6. The number of aryl methyl sites for hydroxylation is 1. The van der Waals surface area contributed by atoms with Crippen molar-refractivity contribution in [3.8, 4) is 0 Å². The number of hydrogen-bond donors (Lipinski definition) is 1. The van der Waals surface area contributed by atoms with E-state index >= 15 is 0 Å². The van der Waals surface area contributed by atoms with Crippen LogP contribution in [-0.2, 0) is 14.3 Å². The molecule has 2 aromatic rings. The van der Waals surface area contributed by atoms with Gasteiger partial charge < -0.3 is 10.1 Å². The fourth-order valence-electron chi connectivity index (χ4n) is 3.02. The van der Waals surface area contributed by atoms with Crippen LogP contribution in [0.2, 0.25) is 5.02 Å². The summed E-state index contributed by atoms with van der Waals surface area (Å²) in [4.78, 5) is 60.4. The molecule has 0 bridgehead atoms. The Morgan fingerprint density at radius 1 is 1.16 bits per heavy atom. The van der Waals surface area contributed by atoms with E-state index in [2.05, 4.69) is 5.32 Å². The largest absolute Gasteiger partial charge is 0.454 e. The molecule has 0 aromatic heterocycles. The molecule has 3 rings (SSSR count). The fraction of sp³-hybridized carbons (Fsp3) is 0.200. The van der Waals surface area contributed by atoms with Crippen LogP contribution in [0.1, 0.15) is 33.2 Å². The van der Waals surface area contributed by atoms with E-state index in [9.17, 15) is 29.3 Å². The van der Waals surface area contributed by atoms with Gasteiger partial charge in [0.1, 0.15) is 11.1 Å². The van der Waals surface area contributed by atoms with Crippen molar-refractivity contribution in [2.24, 2.45) is 0 Å². The molecule has 0 aliphatic carbocycles. The van der Waals surface area contributed by atoms with Crippen molar-refractivity contribution in [1.29, 1.82) is 0 Å². The summed E-state index contributed by atoms with van der Waals surface area (Å²) >= 11 is 5.71. The lowest BCUT2D eigenvalue weighted by Crippen LogP contribution is -2.44. The van der Waals surface area contributed by atoms with Gasteiger partial charge in [-0.2, -0.15) is 0 Å². The third kappa shape index (κ3) is 4.38. The molecule has 3 amide bonds. The molecular weight excluding hydrogens is 430 g/mol. The number of rotatable bonds is 6. The Balaban J connectivity index is 1.61. The third-order valence-corrected chi connectivity index (χ3v) is 4.89. The lowest BCUT2D eigenvalue weighted by Gasteiger charge is -2.20. The second kappa shape index (κ2) is 8.52. The standard InChI is InChI=1S/C20H16ClN3O7/c1-10-3-5-13-14(7-10)19(27)23(18(13)26)11(2)20(28)31-9-17(25)22-12-4-6-15(21)16(8-12)24(29)30/h3-8,11H,9H2,1-2H3,(H,22,25). The van der Waals surface area contributed by atoms with Gasteiger partial charge in [0, 0.05) is 11.8 Å². The normalized spacial score (nSPS) is 13.6. The molecular formula is C20H16ClN3O7. The van der Waals surface area contributed by atoms with Crippen molar-refractivity contribution < 1.29 is 28.8 Å². The van der Waals surface area contributed by atoms with Crippen LogP contribution < -0.4 is 5.32 Å². The molecule has 1 N–H and O–H groups in total. The average Bonchev–Trinajstić information content (AvgIpc) is 2.96. The van der Waals surface area contributed by atoms with Crippen molar-refractivity contribution >= 4 is 46.7 Å². The molecule has 0 radical (unpaired) electrons. The Kier molecular flexibility index (Phi) is 6.02. The van der Waals surface area contributed by atoms with E-state index in [1.165, 1.54) is 25.1 Å². The molecule has 0 saturated heterocycles. The van der Waals surface area contributed by atoms with Crippen LogP contribution in [-0.4, -0.2) is 46.2 Å². The third-order valence-electron chi connectivity index (χ3n) is 4.57. The van der Waals surface area contributed by atoms with E-state index in [1.807, 2.05) is 0 Å². The van der Waals surface area contributed by atoms with Gasteiger partial charge in [-0.1, -0.05) is 23.2 Å². The molecule has 31 heavy (non-hydrogen) atoms. The Morgan fingerprint density at radius 2 is 1.84 bits per heavy atom. The number of ether oxygens (including phenoxy) is 1. The maximum atomic E-state index is 12.6. The molecule has 160 valence electrons. The Morgan fingerprint density at radius 3 is 2.52 bits per heavy atom. The minimum atomic E-state index is -1.25. The number of anilines is 1. The van der Waals surface area contributed by atoms with Gasteiger partial charge in [0.05, 0.1) is 16.1 Å². The number of esters is 1. The zero-order valence-corrected chi connectivity index (χ0v) is 17.1. The maximum Gasteiger partial charge on any atom is 0.329 e. The molecule has 10 nitrogen and oxygen atoms in total. The van der Waals surface area contributed by atoms with Crippen LogP contribution in [0.15, 0.2) is 36.4 Å². The number of halogens is 1. The lowest BCUT2D eigenvalue weighted by molar-refractivity contribution is -0.384. The van der Waals surface area contributed by atoms with Gasteiger partial charge in [-0.15, -0.1) is 0 Å². The van der Waals surface area contributed by atoms with E-state index < -0.39 is 47.0 Å². The quantitative estimate of drug-likeness (QED) is 0.312. The number of amides is 3. The molecule has 11 heteroatoms. The summed E-state index contributed by atoms with van der Waals surface area (Å²) < 4.78 is 4.91. The van der Waals surface area contributed by atoms with Gasteiger partial charge in [0.2, 0.25) is 0 Å². The second-order valence-electron chi connectivity index (χ2n) is 6.78. The molecule has 0 saturated carbocycles. The first-order valence-corrected chi connectivity index (χ1v) is 9.37. The number of nitro groups is 1. The van der Waals surface area contributed by atoms with Crippen molar-refractivity contribution in [3.05, 3.63) is 68.2 Å². The number of nitro benzene ring substituents is 1. The van der Waals surface area contributed by atoms with E-state index in [1.54, 1.807) is 19.1 Å². The Labute approximate surface area is 180 Å². The Hall–Kier alpha value is -3.79. The smallest absolute Gasteiger partial charge is 0.329 e. The predicted molar refractivity (Wildman–Crippen MR) is 109 cm³/mol. The number of hydrogen-bond acceptors (Lipinski definition) is 7. The summed E-state index contributed by atoms with van der Waals surface area (Å²) in [5.41, 5.74) is 0.868. The molecule has 1 atom stereocenters. The molecule has 1 unspecified atom stereocenters. The summed E-state index contributed by atoms with van der Waals surface area (Å²) in [5.74, 6) is -2.97. The van der Waals surface area contributed by atoms with Crippen LogP contribution in [0.4, 0.5) is 11.4 Å². The summed E-state index contributed by atoms with van der Waals surface area (Å²) in [7, 11) is 0. The number of carbonyl (C=O) groups excluding carboxylic acids is 4. The minimum absolute atomic E-state index is 0.0842. The molecule has 2 aromatic carbocycles. The second-order valence-corrected chi connectivity index (χ2v) is 7.19. The van der Waals surface area contributed by atoms with Gasteiger partial charge >= 0.3 is 5.97 Å². The predicted octanol–water partition coefficient (Wildman–Crippen LogP) is 2.72. The highest BCUT2D eigenvalue weighted by Crippen LogP contribution is 2.28. The van der Waals surface area contributed by atoms with Crippen LogP contribution >= 0.6 is 11.6 Å². The van der Waals surface area contributed by atoms with Crippen molar-refractivity contribution in [1.82, 2.24) is 4.90 Å². The van der Waals surface area contributed by atoms with Crippen molar-refractivity contribution in [3.63, 3.8) is 0 Å². The first-order chi connectivity index (χ1) is 14.6. The summed E-state index contributed by atoms with van der Waals surface area (Å²) in [6, 6.07) is 7.16. The highest BCUT2D eigenvalue weighted by molar-refractivity contribution is 6.32. The van der Waals surface area contributed by atoms with E-state index in [-0.39, 0.29) is 21.8 Å². The highest BCUT2D eigenvalue weighted by Gasteiger charge is 2.41. The molecule has 1 aliphatic heterocycles. The topological polar surface area (TPSA) is 136 Å². The van der Waals surface area contributed by atoms with Crippen LogP contribution in [0, 0.1) is 17.0 Å². The summed E-state index contributed by atoms with van der Waals surface area (Å²) in [5, 5.41) is 13.2. The van der Waals surface area contributed by atoms with Gasteiger partial charge in [-0.05, 0) is 38.1 Å². The minimum Gasteiger partial charge on any atom is -0.454 e. The monoisotopic (exact) mass is 445 g/mol. The summed E-state index contributed by atoms with van der Waals surface area (Å²) in [6.07, 6.45) is 0. The molecule has 0 fully saturated rings. The van der Waals surface area contributed by atoms with Gasteiger partial charge in [0.15, 0.2) is 6.61 Å².